The second-order valence-electron chi connectivity index (χ2n) is 4.94. The van der Waals surface area contributed by atoms with E-state index >= 15 is 0 Å². The lowest BCUT2D eigenvalue weighted by molar-refractivity contribution is -0.121. The van der Waals surface area contributed by atoms with Crippen molar-refractivity contribution in [2.24, 2.45) is 0 Å². The van der Waals surface area contributed by atoms with E-state index in [4.69, 9.17) is 0 Å². The third kappa shape index (κ3) is 7.47. The van der Waals surface area contributed by atoms with Gasteiger partial charge in [-0.1, -0.05) is 23.8 Å². The minimum Gasteiger partial charge on any atom is -0.356 e. The number of nitrogens with zero attached hydrogens (tertiary/aromatic N) is 1. The molecule has 1 aromatic heterocycles. The Balaban J connectivity index is 2.29. The smallest absolute Gasteiger partial charge is 0.220 e. The number of pyridine rings is 1. The van der Waals surface area contributed by atoms with Gasteiger partial charge in [0.1, 0.15) is 5.03 Å². The molecule has 3 nitrogen and oxygen atoms in total. The third-order valence-electron chi connectivity index (χ3n) is 2.52. The van der Waals surface area contributed by atoms with Crippen LogP contribution in [0.4, 0.5) is 0 Å². The molecule has 0 atom stereocenters. The van der Waals surface area contributed by atoms with Crippen LogP contribution in [0, 0.1) is 0 Å². The Morgan fingerprint density at radius 1 is 1.42 bits per heavy atom. The lowest BCUT2D eigenvalue weighted by Crippen LogP contribution is -2.26. The van der Waals surface area contributed by atoms with Crippen molar-refractivity contribution in [2.75, 3.05) is 6.54 Å². The van der Waals surface area contributed by atoms with Gasteiger partial charge in [0.15, 0.2) is 0 Å². The molecular formula is C14H22N2OS2. The van der Waals surface area contributed by atoms with Gasteiger partial charge in [0.25, 0.3) is 0 Å². The average Bonchev–Trinajstić information content (AvgIpc) is 2.42. The summed E-state index contributed by atoms with van der Waals surface area (Å²) in [6.45, 7) is 7.17. The molecule has 0 radical (unpaired) electrons. The van der Waals surface area contributed by atoms with Gasteiger partial charge in [-0.3, -0.25) is 4.79 Å². The van der Waals surface area contributed by atoms with E-state index in [1.165, 1.54) is 0 Å². The van der Waals surface area contributed by atoms with Crippen LogP contribution in [0.2, 0.25) is 0 Å². The first kappa shape index (κ1) is 16.4. The molecule has 0 saturated carbocycles. The zero-order chi connectivity index (χ0) is 14.1. The first-order chi connectivity index (χ1) is 9.03. The van der Waals surface area contributed by atoms with Crippen LogP contribution >= 0.6 is 21.6 Å². The van der Waals surface area contributed by atoms with Crippen LogP contribution < -0.4 is 5.32 Å². The summed E-state index contributed by atoms with van der Waals surface area (Å²) < 4.78 is 0.0613. The predicted molar refractivity (Wildman–Crippen MR) is 84.3 cm³/mol. The highest BCUT2D eigenvalue weighted by molar-refractivity contribution is 8.77. The van der Waals surface area contributed by atoms with E-state index in [0.29, 0.717) is 6.42 Å². The highest BCUT2D eigenvalue weighted by Gasteiger charge is 2.20. The number of amides is 1. The van der Waals surface area contributed by atoms with Gasteiger partial charge in [-0.15, -0.1) is 0 Å². The molecule has 1 amide bonds. The van der Waals surface area contributed by atoms with E-state index in [9.17, 15) is 4.79 Å². The highest BCUT2D eigenvalue weighted by atomic mass is 33.1. The van der Waals surface area contributed by atoms with E-state index in [-0.39, 0.29) is 10.7 Å². The Kier molecular flexibility index (Phi) is 7.31. The maximum absolute atomic E-state index is 11.6. The molecule has 0 spiro atoms. The molecule has 5 heteroatoms. The number of carbonyl (C=O) groups is 1. The molecule has 0 aliphatic rings. The molecule has 0 aliphatic carbocycles. The molecule has 19 heavy (non-hydrogen) atoms. The van der Waals surface area contributed by atoms with Crippen LogP contribution in [0.3, 0.4) is 0 Å². The highest BCUT2D eigenvalue weighted by Crippen LogP contribution is 2.42. The molecule has 1 N–H and O–H groups in total. The van der Waals surface area contributed by atoms with Crippen LogP contribution in [0.1, 0.15) is 40.0 Å². The van der Waals surface area contributed by atoms with Gasteiger partial charge in [-0.2, -0.15) is 0 Å². The van der Waals surface area contributed by atoms with Crippen molar-refractivity contribution < 1.29 is 4.79 Å². The fraction of sp³-hybridized carbons (Fsp3) is 0.571. The minimum atomic E-state index is 0.0613. The van der Waals surface area contributed by atoms with Crippen molar-refractivity contribution in [1.29, 1.82) is 0 Å². The topological polar surface area (TPSA) is 42.0 Å². The quantitative estimate of drug-likeness (QED) is 0.739. The van der Waals surface area contributed by atoms with Gasteiger partial charge in [0, 0.05) is 23.9 Å². The molecule has 0 unspecified atom stereocenters. The Bertz CT molecular complexity index is 382. The first-order valence-corrected chi connectivity index (χ1v) is 8.72. The summed E-state index contributed by atoms with van der Waals surface area (Å²) in [6.07, 6.45) is 4.24. The Morgan fingerprint density at radius 3 is 2.84 bits per heavy atom. The zero-order valence-corrected chi connectivity index (χ0v) is 13.4. The number of rotatable bonds is 8. The molecule has 1 aromatic rings. The number of carbonyl (C=O) groups excluding carboxylic acids is 1. The van der Waals surface area contributed by atoms with Crippen molar-refractivity contribution in [3.63, 3.8) is 0 Å². The molecule has 0 bridgehead atoms. The molecule has 1 rings (SSSR count). The van der Waals surface area contributed by atoms with E-state index in [2.05, 4.69) is 31.1 Å². The molecule has 0 fully saturated rings. The molecule has 0 aliphatic heterocycles. The van der Waals surface area contributed by atoms with Crippen LogP contribution in [0.25, 0.3) is 0 Å². The Morgan fingerprint density at radius 2 is 2.21 bits per heavy atom. The van der Waals surface area contributed by atoms with Gasteiger partial charge in [-0.25, -0.2) is 4.98 Å². The zero-order valence-electron chi connectivity index (χ0n) is 11.8. The maximum atomic E-state index is 11.6. The standard InChI is InChI=1S/C14H22N2OS2/c1-4-10-15-12(17)8-9-14(2,3)19-18-13-7-5-6-11-16-13/h5-7,11H,4,8-10H2,1-3H3,(H,15,17). The van der Waals surface area contributed by atoms with Crippen molar-refractivity contribution >= 4 is 27.5 Å². The lowest BCUT2D eigenvalue weighted by Gasteiger charge is -2.22. The number of aromatic nitrogens is 1. The fourth-order valence-electron chi connectivity index (χ4n) is 1.36. The second-order valence-corrected chi connectivity index (χ2v) is 7.80. The summed E-state index contributed by atoms with van der Waals surface area (Å²) >= 11 is 0. The molecule has 106 valence electrons. The minimum absolute atomic E-state index is 0.0613. The molecule has 0 aromatic carbocycles. The van der Waals surface area contributed by atoms with Gasteiger partial charge in [0.2, 0.25) is 5.91 Å². The largest absolute Gasteiger partial charge is 0.356 e. The molecule has 1 heterocycles. The van der Waals surface area contributed by atoms with Crippen molar-refractivity contribution in [3.05, 3.63) is 24.4 Å². The second kappa shape index (κ2) is 8.48. The summed E-state index contributed by atoms with van der Waals surface area (Å²) in [5.74, 6) is 0.151. The monoisotopic (exact) mass is 298 g/mol. The summed E-state index contributed by atoms with van der Waals surface area (Å²) in [5.41, 5.74) is 0. The lowest BCUT2D eigenvalue weighted by atomic mass is 10.1. The van der Waals surface area contributed by atoms with E-state index in [1.807, 2.05) is 18.2 Å². The Hall–Kier alpha value is -0.680. The molecular weight excluding hydrogens is 276 g/mol. The van der Waals surface area contributed by atoms with Crippen molar-refractivity contribution in [1.82, 2.24) is 10.3 Å². The fourth-order valence-corrected chi connectivity index (χ4v) is 3.57. The van der Waals surface area contributed by atoms with E-state index < -0.39 is 0 Å². The SMILES string of the molecule is CCCNC(=O)CCC(C)(C)SSc1ccccn1. The van der Waals surface area contributed by atoms with E-state index in [0.717, 1.165) is 24.4 Å². The van der Waals surface area contributed by atoms with Crippen LogP contribution in [-0.4, -0.2) is 22.2 Å². The Labute approximate surface area is 123 Å². The molecule has 0 saturated heterocycles. The van der Waals surface area contributed by atoms with Crippen LogP contribution in [0.5, 0.6) is 0 Å². The van der Waals surface area contributed by atoms with Crippen molar-refractivity contribution in [3.8, 4) is 0 Å². The van der Waals surface area contributed by atoms with Crippen LogP contribution in [-0.2, 0) is 4.79 Å². The summed E-state index contributed by atoms with van der Waals surface area (Å²) in [6, 6.07) is 5.90. The summed E-state index contributed by atoms with van der Waals surface area (Å²) in [4.78, 5) is 15.9. The normalized spacial score (nSPS) is 11.3. The van der Waals surface area contributed by atoms with Crippen LogP contribution in [0.15, 0.2) is 29.4 Å². The van der Waals surface area contributed by atoms with Gasteiger partial charge in [-0.05, 0) is 49.6 Å². The number of nitrogens with one attached hydrogen (secondary N) is 1. The summed E-state index contributed by atoms with van der Waals surface area (Å²) in [7, 11) is 3.44. The third-order valence-corrected chi connectivity index (χ3v) is 5.78. The van der Waals surface area contributed by atoms with Gasteiger partial charge in [0.05, 0.1) is 0 Å². The number of hydrogen-bond donors (Lipinski definition) is 1. The van der Waals surface area contributed by atoms with Gasteiger partial charge >= 0.3 is 0 Å². The summed E-state index contributed by atoms with van der Waals surface area (Å²) in [5, 5.41) is 3.92. The number of hydrogen-bond acceptors (Lipinski definition) is 4. The average molecular weight is 298 g/mol. The van der Waals surface area contributed by atoms with Gasteiger partial charge < -0.3 is 5.32 Å². The maximum Gasteiger partial charge on any atom is 0.220 e. The van der Waals surface area contributed by atoms with E-state index in [1.54, 1.807) is 27.8 Å². The van der Waals surface area contributed by atoms with Crippen molar-refractivity contribution in [2.45, 2.75) is 49.8 Å². The first-order valence-electron chi connectivity index (χ1n) is 6.57. The predicted octanol–water partition coefficient (Wildman–Crippen LogP) is 3.91.